The Bertz CT molecular complexity index is 649. The fourth-order valence-corrected chi connectivity index (χ4v) is 2.38. The Balaban J connectivity index is 2.48. The van der Waals surface area contributed by atoms with Crippen LogP contribution in [0.2, 0.25) is 5.02 Å². The first-order valence-electron chi connectivity index (χ1n) is 8.55. The van der Waals surface area contributed by atoms with Crippen molar-refractivity contribution < 1.29 is 14.4 Å². The van der Waals surface area contributed by atoms with Gasteiger partial charge in [-0.25, -0.2) is 0 Å². The van der Waals surface area contributed by atoms with Gasteiger partial charge in [-0.3, -0.25) is 19.3 Å². The summed E-state index contributed by atoms with van der Waals surface area (Å²) < 4.78 is 0. The Kier molecular flexibility index (Phi) is 9.09. The maximum atomic E-state index is 12.2. The van der Waals surface area contributed by atoms with Gasteiger partial charge in [0, 0.05) is 16.8 Å². The third-order valence-corrected chi connectivity index (χ3v) is 3.79. The van der Waals surface area contributed by atoms with Gasteiger partial charge in [-0.2, -0.15) is 0 Å². The molecular formula is C18H27ClN4O3. The lowest BCUT2D eigenvalue weighted by Crippen LogP contribution is -2.45. The number of carbonyl (C=O) groups is 3. The van der Waals surface area contributed by atoms with Gasteiger partial charge < -0.3 is 16.0 Å². The second-order valence-electron chi connectivity index (χ2n) is 6.31. The first-order valence-corrected chi connectivity index (χ1v) is 8.93. The van der Waals surface area contributed by atoms with E-state index in [-0.39, 0.29) is 43.4 Å². The van der Waals surface area contributed by atoms with Crippen molar-refractivity contribution in [3.8, 4) is 0 Å². The highest BCUT2D eigenvalue weighted by atomic mass is 35.5. The highest BCUT2D eigenvalue weighted by Crippen LogP contribution is 2.20. The Morgan fingerprint density at radius 2 is 1.77 bits per heavy atom. The van der Waals surface area contributed by atoms with Crippen molar-refractivity contribution in [2.24, 2.45) is 0 Å². The van der Waals surface area contributed by atoms with Crippen LogP contribution in [-0.2, 0) is 14.4 Å². The summed E-state index contributed by atoms with van der Waals surface area (Å²) in [6.45, 7) is 7.96. The number of benzene rings is 1. The molecule has 1 rings (SSSR count). The van der Waals surface area contributed by atoms with Crippen molar-refractivity contribution in [3.63, 3.8) is 0 Å². The van der Waals surface area contributed by atoms with Crippen molar-refractivity contribution in [2.75, 3.05) is 31.5 Å². The van der Waals surface area contributed by atoms with Crippen LogP contribution in [-0.4, -0.2) is 54.8 Å². The summed E-state index contributed by atoms with van der Waals surface area (Å²) >= 11 is 5.95. The summed E-state index contributed by atoms with van der Waals surface area (Å²) in [7, 11) is 0. The molecule has 7 nitrogen and oxygen atoms in total. The zero-order valence-corrected chi connectivity index (χ0v) is 16.4. The lowest BCUT2D eigenvalue weighted by molar-refractivity contribution is -0.127. The van der Waals surface area contributed by atoms with Crippen LogP contribution < -0.4 is 16.0 Å². The van der Waals surface area contributed by atoms with Gasteiger partial charge >= 0.3 is 0 Å². The molecule has 0 aliphatic carbocycles. The molecule has 0 spiro atoms. The molecule has 0 saturated carbocycles. The number of hydrogen-bond acceptors (Lipinski definition) is 4. The van der Waals surface area contributed by atoms with Crippen molar-refractivity contribution in [1.29, 1.82) is 0 Å². The van der Waals surface area contributed by atoms with E-state index in [0.29, 0.717) is 17.3 Å². The van der Waals surface area contributed by atoms with Crippen LogP contribution in [0.1, 0.15) is 26.3 Å². The minimum Gasteiger partial charge on any atom is -0.352 e. The summed E-state index contributed by atoms with van der Waals surface area (Å²) in [6, 6.07) is 5.28. The average molecular weight is 383 g/mol. The Morgan fingerprint density at radius 1 is 1.12 bits per heavy atom. The Hall–Kier alpha value is -2.12. The number of rotatable bonds is 9. The van der Waals surface area contributed by atoms with E-state index in [1.54, 1.807) is 17.0 Å². The largest absolute Gasteiger partial charge is 0.352 e. The van der Waals surface area contributed by atoms with Crippen LogP contribution in [0, 0.1) is 6.92 Å². The zero-order chi connectivity index (χ0) is 19.7. The predicted octanol–water partition coefficient (Wildman–Crippen LogP) is 1.55. The predicted molar refractivity (Wildman–Crippen MR) is 103 cm³/mol. The smallest absolute Gasteiger partial charge is 0.239 e. The molecule has 144 valence electrons. The van der Waals surface area contributed by atoms with Crippen LogP contribution in [0.3, 0.4) is 0 Å². The molecule has 0 aromatic heterocycles. The van der Waals surface area contributed by atoms with E-state index in [0.717, 1.165) is 5.56 Å². The maximum Gasteiger partial charge on any atom is 0.239 e. The molecule has 0 unspecified atom stereocenters. The maximum absolute atomic E-state index is 12.2. The molecule has 0 atom stereocenters. The van der Waals surface area contributed by atoms with E-state index in [1.807, 2.05) is 33.8 Å². The SMILES string of the molecule is CCN(CC(=O)NCC(=O)NC(C)C)CC(=O)Nc1cc(Cl)ccc1C. The number of likely N-dealkylation sites (N-methyl/N-ethyl adjacent to an activating group) is 1. The number of anilines is 1. The molecule has 3 N–H and O–H groups in total. The average Bonchev–Trinajstić information content (AvgIpc) is 2.55. The highest BCUT2D eigenvalue weighted by molar-refractivity contribution is 6.31. The monoisotopic (exact) mass is 382 g/mol. The van der Waals surface area contributed by atoms with Crippen molar-refractivity contribution in [1.82, 2.24) is 15.5 Å². The summed E-state index contributed by atoms with van der Waals surface area (Å²) in [5, 5.41) is 8.58. The van der Waals surface area contributed by atoms with Crippen LogP contribution in [0.15, 0.2) is 18.2 Å². The van der Waals surface area contributed by atoms with Crippen LogP contribution in [0.5, 0.6) is 0 Å². The second-order valence-corrected chi connectivity index (χ2v) is 6.75. The van der Waals surface area contributed by atoms with Crippen molar-refractivity contribution in [3.05, 3.63) is 28.8 Å². The lowest BCUT2D eigenvalue weighted by atomic mass is 10.2. The van der Waals surface area contributed by atoms with E-state index in [1.165, 1.54) is 0 Å². The molecule has 0 aliphatic heterocycles. The number of aryl methyl sites for hydroxylation is 1. The van der Waals surface area contributed by atoms with Gasteiger partial charge in [0.25, 0.3) is 0 Å². The van der Waals surface area contributed by atoms with E-state index in [4.69, 9.17) is 11.6 Å². The zero-order valence-electron chi connectivity index (χ0n) is 15.7. The highest BCUT2D eigenvalue weighted by Gasteiger charge is 2.15. The minimum atomic E-state index is -0.308. The molecule has 0 saturated heterocycles. The summed E-state index contributed by atoms with van der Waals surface area (Å²) in [6.07, 6.45) is 0. The molecule has 26 heavy (non-hydrogen) atoms. The van der Waals surface area contributed by atoms with E-state index < -0.39 is 0 Å². The summed E-state index contributed by atoms with van der Waals surface area (Å²) in [5.41, 5.74) is 1.55. The van der Waals surface area contributed by atoms with Crippen LogP contribution in [0.4, 0.5) is 5.69 Å². The number of nitrogens with one attached hydrogen (secondary N) is 3. The molecule has 1 aromatic carbocycles. The van der Waals surface area contributed by atoms with E-state index in [2.05, 4.69) is 16.0 Å². The van der Waals surface area contributed by atoms with Crippen LogP contribution >= 0.6 is 11.6 Å². The number of carbonyl (C=O) groups excluding carboxylic acids is 3. The first-order chi connectivity index (χ1) is 12.2. The molecule has 1 aromatic rings. The molecule has 3 amide bonds. The lowest BCUT2D eigenvalue weighted by Gasteiger charge is -2.20. The first kappa shape index (κ1) is 21.9. The van der Waals surface area contributed by atoms with Gasteiger partial charge in [-0.05, 0) is 45.0 Å². The number of nitrogens with zero attached hydrogens (tertiary/aromatic N) is 1. The fourth-order valence-electron chi connectivity index (χ4n) is 2.21. The molecular weight excluding hydrogens is 356 g/mol. The summed E-state index contributed by atoms with van der Waals surface area (Å²) in [4.78, 5) is 37.4. The Morgan fingerprint density at radius 3 is 2.38 bits per heavy atom. The number of halogens is 1. The summed E-state index contributed by atoms with van der Waals surface area (Å²) in [5.74, 6) is -0.786. The number of hydrogen-bond donors (Lipinski definition) is 3. The molecule has 0 fully saturated rings. The molecule has 0 radical (unpaired) electrons. The van der Waals surface area contributed by atoms with Gasteiger partial charge in [0.1, 0.15) is 0 Å². The number of amides is 3. The minimum absolute atomic E-state index is 0.0187. The van der Waals surface area contributed by atoms with E-state index >= 15 is 0 Å². The fraction of sp³-hybridized carbons (Fsp3) is 0.500. The quantitative estimate of drug-likeness (QED) is 0.604. The van der Waals surface area contributed by atoms with Gasteiger partial charge in [-0.15, -0.1) is 0 Å². The van der Waals surface area contributed by atoms with Crippen molar-refractivity contribution >= 4 is 35.0 Å². The third-order valence-electron chi connectivity index (χ3n) is 3.55. The topological polar surface area (TPSA) is 90.5 Å². The molecule has 0 bridgehead atoms. The Labute approximate surface area is 159 Å². The van der Waals surface area contributed by atoms with E-state index in [9.17, 15) is 14.4 Å². The molecule has 0 aliphatic rings. The standard InChI is InChI=1S/C18H27ClN4O3/c1-5-23(10-17(25)20-9-16(24)21-12(2)3)11-18(26)22-15-8-14(19)7-6-13(15)4/h6-8,12H,5,9-11H2,1-4H3,(H,20,25)(H,21,24)(H,22,26). The van der Waals surface area contributed by atoms with Gasteiger partial charge in [0.05, 0.1) is 19.6 Å². The van der Waals surface area contributed by atoms with Crippen molar-refractivity contribution in [2.45, 2.75) is 33.7 Å². The van der Waals surface area contributed by atoms with Crippen LogP contribution in [0.25, 0.3) is 0 Å². The third kappa shape index (κ3) is 8.31. The normalized spacial score (nSPS) is 10.7. The van der Waals surface area contributed by atoms with Gasteiger partial charge in [0.15, 0.2) is 0 Å². The van der Waals surface area contributed by atoms with Gasteiger partial charge in [-0.1, -0.05) is 24.6 Å². The molecule has 0 heterocycles. The molecule has 8 heteroatoms. The second kappa shape index (κ2) is 10.8. The van der Waals surface area contributed by atoms with Gasteiger partial charge in [0.2, 0.25) is 17.7 Å².